The molecule has 0 spiro atoms. The first kappa shape index (κ1) is 15.3. The number of hydrogen-bond donors (Lipinski definition) is 2. The molecule has 0 amide bonds. The Kier molecular flexibility index (Phi) is 6.74. The summed E-state index contributed by atoms with van der Waals surface area (Å²) in [4.78, 5) is 4.32. The van der Waals surface area contributed by atoms with Crippen LogP contribution in [0.1, 0.15) is 20.3 Å². The summed E-state index contributed by atoms with van der Waals surface area (Å²) in [6.45, 7) is 9.53. The Morgan fingerprint density at radius 2 is 2.21 bits per heavy atom. The van der Waals surface area contributed by atoms with Gasteiger partial charge in [-0.3, -0.25) is 0 Å². The lowest BCUT2D eigenvalue weighted by Crippen LogP contribution is -2.13. The standard InChI is InChI=1S/C14H23N3O2/c1-4-5-9-18-10-8-16-13-7-6-12(15)14(17-13)19-11(2)3/h4,6-7,11H,1,5,8-10,15H2,2-3H3,(H,16,17). The van der Waals surface area contributed by atoms with Crippen LogP contribution in [0.15, 0.2) is 24.8 Å². The Balaban J connectivity index is 2.39. The molecule has 0 saturated heterocycles. The number of nitrogens with zero attached hydrogens (tertiary/aromatic N) is 1. The minimum Gasteiger partial charge on any atom is -0.473 e. The molecule has 0 aliphatic rings. The fraction of sp³-hybridized carbons (Fsp3) is 0.500. The molecule has 1 rings (SSSR count). The molecule has 106 valence electrons. The smallest absolute Gasteiger partial charge is 0.239 e. The molecule has 5 heteroatoms. The highest BCUT2D eigenvalue weighted by Crippen LogP contribution is 2.21. The van der Waals surface area contributed by atoms with Gasteiger partial charge in [-0.25, -0.2) is 0 Å². The fourth-order valence-corrected chi connectivity index (χ4v) is 1.39. The lowest BCUT2D eigenvalue weighted by Gasteiger charge is -2.13. The van der Waals surface area contributed by atoms with Crippen LogP contribution in [0.4, 0.5) is 11.5 Å². The Morgan fingerprint density at radius 1 is 1.42 bits per heavy atom. The molecule has 0 aliphatic heterocycles. The topological polar surface area (TPSA) is 69.4 Å². The van der Waals surface area contributed by atoms with Gasteiger partial charge < -0.3 is 20.5 Å². The van der Waals surface area contributed by atoms with Crippen LogP contribution in [0.25, 0.3) is 0 Å². The van der Waals surface area contributed by atoms with Crippen LogP contribution in [0.5, 0.6) is 5.88 Å². The van der Waals surface area contributed by atoms with E-state index in [4.69, 9.17) is 15.2 Å². The van der Waals surface area contributed by atoms with Crippen LogP contribution in [-0.4, -0.2) is 30.8 Å². The number of aromatic nitrogens is 1. The van der Waals surface area contributed by atoms with Gasteiger partial charge >= 0.3 is 0 Å². The summed E-state index contributed by atoms with van der Waals surface area (Å²) in [6.07, 6.45) is 2.75. The van der Waals surface area contributed by atoms with E-state index in [1.54, 1.807) is 6.07 Å². The zero-order valence-electron chi connectivity index (χ0n) is 11.7. The van der Waals surface area contributed by atoms with E-state index in [1.807, 2.05) is 26.0 Å². The van der Waals surface area contributed by atoms with E-state index in [0.29, 0.717) is 31.3 Å². The molecule has 0 aromatic carbocycles. The van der Waals surface area contributed by atoms with E-state index in [0.717, 1.165) is 12.2 Å². The summed E-state index contributed by atoms with van der Waals surface area (Å²) in [5, 5.41) is 3.16. The van der Waals surface area contributed by atoms with Crippen molar-refractivity contribution in [3.63, 3.8) is 0 Å². The van der Waals surface area contributed by atoms with Gasteiger partial charge in [0.2, 0.25) is 5.88 Å². The van der Waals surface area contributed by atoms with Gasteiger partial charge in [0.1, 0.15) is 5.82 Å². The van der Waals surface area contributed by atoms with E-state index in [2.05, 4.69) is 16.9 Å². The molecular weight excluding hydrogens is 242 g/mol. The number of nitrogens with one attached hydrogen (secondary N) is 1. The maximum Gasteiger partial charge on any atom is 0.239 e. The van der Waals surface area contributed by atoms with Gasteiger partial charge in [-0.15, -0.1) is 6.58 Å². The molecule has 3 N–H and O–H groups in total. The highest BCUT2D eigenvalue weighted by molar-refractivity contribution is 5.53. The number of pyridine rings is 1. The van der Waals surface area contributed by atoms with E-state index in [1.165, 1.54) is 0 Å². The predicted octanol–water partition coefficient (Wildman–Crippen LogP) is 2.46. The normalized spacial score (nSPS) is 10.5. The molecular formula is C14H23N3O2. The Hall–Kier alpha value is -1.75. The zero-order chi connectivity index (χ0) is 14.1. The Labute approximate surface area is 114 Å². The van der Waals surface area contributed by atoms with Gasteiger partial charge in [0.15, 0.2) is 0 Å². The first-order valence-electron chi connectivity index (χ1n) is 6.49. The van der Waals surface area contributed by atoms with E-state index >= 15 is 0 Å². The second kappa shape index (κ2) is 8.37. The molecule has 0 atom stereocenters. The monoisotopic (exact) mass is 265 g/mol. The van der Waals surface area contributed by atoms with Gasteiger partial charge in [-0.05, 0) is 32.4 Å². The van der Waals surface area contributed by atoms with Crippen molar-refractivity contribution in [1.82, 2.24) is 4.98 Å². The van der Waals surface area contributed by atoms with Crippen molar-refractivity contribution in [2.24, 2.45) is 0 Å². The molecule has 5 nitrogen and oxygen atoms in total. The highest BCUT2D eigenvalue weighted by atomic mass is 16.5. The van der Waals surface area contributed by atoms with Crippen molar-refractivity contribution in [3.05, 3.63) is 24.8 Å². The van der Waals surface area contributed by atoms with Gasteiger partial charge in [0, 0.05) is 6.54 Å². The quantitative estimate of drug-likeness (QED) is 0.530. The van der Waals surface area contributed by atoms with Crippen molar-refractivity contribution in [1.29, 1.82) is 0 Å². The van der Waals surface area contributed by atoms with Gasteiger partial charge in [0.05, 0.1) is 25.0 Å². The van der Waals surface area contributed by atoms with Gasteiger partial charge in [0.25, 0.3) is 0 Å². The number of rotatable bonds is 9. The largest absolute Gasteiger partial charge is 0.473 e. The van der Waals surface area contributed by atoms with E-state index in [-0.39, 0.29) is 6.10 Å². The van der Waals surface area contributed by atoms with Crippen LogP contribution < -0.4 is 15.8 Å². The van der Waals surface area contributed by atoms with Crippen LogP contribution in [-0.2, 0) is 4.74 Å². The number of nitrogens with two attached hydrogens (primary N) is 1. The Morgan fingerprint density at radius 3 is 2.89 bits per heavy atom. The molecule has 1 aromatic rings. The van der Waals surface area contributed by atoms with Gasteiger partial charge in [-0.2, -0.15) is 4.98 Å². The second-order valence-corrected chi connectivity index (χ2v) is 4.37. The molecule has 0 radical (unpaired) electrons. The summed E-state index contributed by atoms with van der Waals surface area (Å²) in [5.41, 5.74) is 6.34. The third-order valence-electron chi connectivity index (χ3n) is 2.26. The maximum atomic E-state index is 5.80. The van der Waals surface area contributed by atoms with Crippen LogP contribution >= 0.6 is 0 Å². The number of nitrogen functional groups attached to an aromatic ring is 1. The number of ether oxygens (including phenoxy) is 2. The average molecular weight is 265 g/mol. The van der Waals surface area contributed by atoms with Crippen molar-refractivity contribution in [2.45, 2.75) is 26.4 Å². The summed E-state index contributed by atoms with van der Waals surface area (Å²) < 4.78 is 10.9. The van der Waals surface area contributed by atoms with Crippen molar-refractivity contribution in [3.8, 4) is 5.88 Å². The zero-order valence-corrected chi connectivity index (χ0v) is 11.7. The molecule has 0 aliphatic carbocycles. The third kappa shape index (κ3) is 6.10. The van der Waals surface area contributed by atoms with Crippen molar-refractivity contribution >= 4 is 11.5 Å². The molecule has 1 aromatic heterocycles. The van der Waals surface area contributed by atoms with Crippen LogP contribution in [0.3, 0.4) is 0 Å². The maximum absolute atomic E-state index is 5.80. The fourth-order valence-electron chi connectivity index (χ4n) is 1.39. The second-order valence-electron chi connectivity index (χ2n) is 4.37. The summed E-state index contributed by atoms with van der Waals surface area (Å²) >= 11 is 0. The minimum atomic E-state index is 0.0484. The molecule has 19 heavy (non-hydrogen) atoms. The summed E-state index contributed by atoms with van der Waals surface area (Å²) in [7, 11) is 0. The number of hydrogen-bond acceptors (Lipinski definition) is 5. The third-order valence-corrected chi connectivity index (χ3v) is 2.26. The van der Waals surface area contributed by atoms with Crippen LogP contribution in [0, 0.1) is 0 Å². The predicted molar refractivity (Wildman–Crippen MR) is 78.5 cm³/mol. The van der Waals surface area contributed by atoms with E-state index in [9.17, 15) is 0 Å². The van der Waals surface area contributed by atoms with Crippen molar-refractivity contribution in [2.75, 3.05) is 30.8 Å². The molecule has 0 unspecified atom stereocenters. The highest BCUT2D eigenvalue weighted by Gasteiger charge is 2.06. The first-order valence-corrected chi connectivity index (χ1v) is 6.49. The minimum absolute atomic E-state index is 0.0484. The lowest BCUT2D eigenvalue weighted by atomic mass is 10.4. The number of anilines is 2. The molecule has 0 saturated carbocycles. The summed E-state index contributed by atoms with van der Waals surface area (Å²) in [6, 6.07) is 3.61. The van der Waals surface area contributed by atoms with Gasteiger partial charge in [-0.1, -0.05) is 6.08 Å². The van der Waals surface area contributed by atoms with E-state index < -0.39 is 0 Å². The van der Waals surface area contributed by atoms with Crippen LogP contribution in [0.2, 0.25) is 0 Å². The lowest BCUT2D eigenvalue weighted by molar-refractivity contribution is 0.149. The molecule has 0 fully saturated rings. The Bertz CT molecular complexity index is 394. The molecule has 1 heterocycles. The summed E-state index contributed by atoms with van der Waals surface area (Å²) in [5.74, 6) is 1.20. The van der Waals surface area contributed by atoms with Crippen molar-refractivity contribution < 1.29 is 9.47 Å². The first-order chi connectivity index (χ1) is 9.13. The molecule has 0 bridgehead atoms. The average Bonchev–Trinajstić information content (AvgIpc) is 2.37. The SMILES string of the molecule is C=CCCOCCNc1ccc(N)c(OC(C)C)n1.